The van der Waals surface area contributed by atoms with Gasteiger partial charge in [0, 0.05) is 28.7 Å². The summed E-state index contributed by atoms with van der Waals surface area (Å²) in [6, 6.07) is 21.8. The molecule has 6 nitrogen and oxygen atoms in total. The number of methoxy groups -OCH3 is 1. The van der Waals surface area contributed by atoms with Crippen LogP contribution in [0.3, 0.4) is 0 Å². The molecule has 1 heterocycles. The largest absolute Gasteiger partial charge is 0.497 e. The first-order chi connectivity index (χ1) is 15.8. The second-order valence-corrected chi connectivity index (χ2v) is 9.99. The SMILES string of the molecule is COc1ccc(COCc2cn(-c3ccc(Cl)cc3)c(-c3ccc(S(C)(=O)=O)cc3)n2)cc1. The normalized spacial score (nSPS) is 11.5. The van der Waals surface area contributed by atoms with Crippen LogP contribution in [0.2, 0.25) is 5.02 Å². The molecule has 1 aromatic heterocycles. The van der Waals surface area contributed by atoms with Crippen molar-refractivity contribution < 1.29 is 17.9 Å². The fourth-order valence-electron chi connectivity index (χ4n) is 3.35. The maximum Gasteiger partial charge on any atom is 0.175 e. The summed E-state index contributed by atoms with van der Waals surface area (Å²) in [6.45, 7) is 0.761. The van der Waals surface area contributed by atoms with E-state index < -0.39 is 9.84 Å². The van der Waals surface area contributed by atoms with Gasteiger partial charge >= 0.3 is 0 Å². The van der Waals surface area contributed by atoms with Crippen molar-refractivity contribution in [1.82, 2.24) is 9.55 Å². The van der Waals surface area contributed by atoms with E-state index in [4.69, 9.17) is 26.1 Å². The number of imidazole rings is 1. The van der Waals surface area contributed by atoms with Crippen LogP contribution in [0.5, 0.6) is 5.75 Å². The lowest BCUT2D eigenvalue weighted by Gasteiger charge is -2.08. The van der Waals surface area contributed by atoms with Crippen molar-refractivity contribution in [3.8, 4) is 22.8 Å². The Morgan fingerprint density at radius 2 is 1.58 bits per heavy atom. The Kier molecular flexibility index (Phi) is 6.83. The van der Waals surface area contributed by atoms with Crippen LogP contribution in [0, 0.1) is 0 Å². The molecule has 0 fully saturated rings. The number of ether oxygens (including phenoxy) is 2. The van der Waals surface area contributed by atoms with Gasteiger partial charge < -0.3 is 9.47 Å². The summed E-state index contributed by atoms with van der Waals surface area (Å²) in [5, 5.41) is 0.640. The van der Waals surface area contributed by atoms with E-state index in [0.717, 1.165) is 28.3 Å². The van der Waals surface area contributed by atoms with Crippen molar-refractivity contribution in [1.29, 1.82) is 0 Å². The van der Waals surface area contributed by atoms with Crippen LogP contribution in [0.1, 0.15) is 11.3 Å². The van der Waals surface area contributed by atoms with Gasteiger partial charge in [-0.25, -0.2) is 13.4 Å². The molecule has 8 heteroatoms. The first-order valence-electron chi connectivity index (χ1n) is 10.2. The summed E-state index contributed by atoms with van der Waals surface area (Å²) < 4.78 is 36.6. The van der Waals surface area contributed by atoms with E-state index in [1.165, 1.54) is 6.26 Å². The molecule has 33 heavy (non-hydrogen) atoms. The van der Waals surface area contributed by atoms with Crippen LogP contribution in [0.25, 0.3) is 17.1 Å². The molecule has 0 N–H and O–H groups in total. The zero-order valence-electron chi connectivity index (χ0n) is 18.2. The predicted molar refractivity (Wildman–Crippen MR) is 129 cm³/mol. The highest BCUT2D eigenvalue weighted by Crippen LogP contribution is 2.26. The van der Waals surface area contributed by atoms with E-state index in [9.17, 15) is 8.42 Å². The second kappa shape index (κ2) is 9.79. The van der Waals surface area contributed by atoms with Gasteiger partial charge in [0.25, 0.3) is 0 Å². The van der Waals surface area contributed by atoms with Gasteiger partial charge in [0.05, 0.1) is 30.9 Å². The standard InChI is InChI=1S/C25H23ClN2O4S/c1-31-23-11-3-18(4-12-23)16-32-17-21-15-28(22-9-7-20(26)8-10-22)25(27-21)19-5-13-24(14-6-19)33(2,29)30/h3-15H,16-17H2,1-2H3. The summed E-state index contributed by atoms with van der Waals surface area (Å²) in [7, 11) is -1.64. The van der Waals surface area contributed by atoms with Gasteiger partial charge in [-0.3, -0.25) is 4.57 Å². The van der Waals surface area contributed by atoms with Gasteiger partial charge in [-0.1, -0.05) is 23.7 Å². The number of sulfone groups is 1. The summed E-state index contributed by atoms with van der Waals surface area (Å²) in [5.74, 6) is 1.48. The molecule has 3 aromatic carbocycles. The fourth-order valence-corrected chi connectivity index (χ4v) is 4.10. The minimum atomic E-state index is -3.28. The average molecular weight is 483 g/mol. The summed E-state index contributed by atoms with van der Waals surface area (Å²) in [6.07, 6.45) is 3.10. The number of rotatable bonds is 8. The van der Waals surface area contributed by atoms with Crippen LogP contribution >= 0.6 is 11.6 Å². The molecule has 4 rings (SSSR count). The minimum Gasteiger partial charge on any atom is -0.497 e. The molecular formula is C25H23ClN2O4S. The average Bonchev–Trinajstić information content (AvgIpc) is 3.24. The summed E-state index contributed by atoms with van der Waals surface area (Å²) >= 11 is 6.06. The molecule has 0 spiro atoms. The molecule has 0 saturated heterocycles. The first kappa shape index (κ1) is 23.0. The van der Waals surface area contributed by atoms with E-state index in [1.54, 1.807) is 31.4 Å². The molecule has 0 radical (unpaired) electrons. The van der Waals surface area contributed by atoms with Crippen LogP contribution in [0.15, 0.2) is 83.9 Å². The molecule has 170 valence electrons. The Balaban J connectivity index is 1.60. The van der Waals surface area contributed by atoms with Gasteiger partial charge in [0.15, 0.2) is 9.84 Å². The van der Waals surface area contributed by atoms with Gasteiger partial charge in [-0.2, -0.15) is 0 Å². The highest BCUT2D eigenvalue weighted by Gasteiger charge is 2.14. The predicted octanol–water partition coefficient (Wildman–Crippen LogP) is 5.32. The minimum absolute atomic E-state index is 0.263. The van der Waals surface area contributed by atoms with Gasteiger partial charge in [0.1, 0.15) is 11.6 Å². The number of nitrogens with zero attached hydrogens (tertiary/aromatic N) is 2. The quantitative estimate of drug-likeness (QED) is 0.340. The highest BCUT2D eigenvalue weighted by molar-refractivity contribution is 7.90. The molecule has 0 aliphatic heterocycles. The topological polar surface area (TPSA) is 70.4 Å². The van der Waals surface area contributed by atoms with Crippen molar-refractivity contribution in [2.24, 2.45) is 0 Å². The van der Waals surface area contributed by atoms with E-state index in [-0.39, 0.29) is 4.90 Å². The van der Waals surface area contributed by atoms with Crippen molar-refractivity contribution in [3.05, 3.63) is 95.3 Å². The molecule has 0 atom stereocenters. The van der Waals surface area contributed by atoms with E-state index >= 15 is 0 Å². The Bertz CT molecular complexity index is 1330. The van der Waals surface area contributed by atoms with Crippen LogP contribution < -0.4 is 4.74 Å². The zero-order chi connectivity index (χ0) is 23.4. The third kappa shape index (κ3) is 5.63. The lowest BCUT2D eigenvalue weighted by Crippen LogP contribution is -1.98. The van der Waals surface area contributed by atoms with Crippen LogP contribution in [0.4, 0.5) is 0 Å². The van der Waals surface area contributed by atoms with Crippen LogP contribution in [-0.2, 0) is 27.8 Å². The molecule has 0 aliphatic carbocycles. The van der Waals surface area contributed by atoms with Crippen molar-refractivity contribution in [2.75, 3.05) is 13.4 Å². The first-order valence-corrected chi connectivity index (χ1v) is 12.5. The van der Waals surface area contributed by atoms with Gasteiger partial charge in [0.2, 0.25) is 0 Å². The van der Waals surface area contributed by atoms with Crippen molar-refractivity contribution >= 4 is 21.4 Å². The second-order valence-electron chi connectivity index (χ2n) is 7.54. The number of halogens is 1. The molecule has 0 bridgehead atoms. The molecule has 4 aromatic rings. The Morgan fingerprint density at radius 3 is 2.18 bits per heavy atom. The monoisotopic (exact) mass is 482 g/mol. The fraction of sp³-hybridized carbons (Fsp3) is 0.160. The summed E-state index contributed by atoms with van der Waals surface area (Å²) in [4.78, 5) is 5.03. The third-order valence-electron chi connectivity index (χ3n) is 5.08. The maximum atomic E-state index is 11.8. The summed E-state index contributed by atoms with van der Waals surface area (Å²) in [5.41, 5.74) is 3.46. The lowest BCUT2D eigenvalue weighted by molar-refractivity contribution is 0.105. The van der Waals surface area contributed by atoms with Crippen molar-refractivity contribution in [3.63, 3.8) is 0 Å². The van der Waals surface area contributed by atoms with E-state index in [1.807, 2.05) is 59.3 Å². The third-order valence-corrected chi connectivity index (χ3v) is 6.46. The molecule has 0 aliphatic rings. The maximum absolute atomic E-state index is 11.8. The van der Waals surface area contributed by atoms with Crippen LogP contribution in [-0.4, -0.2) is 31.3 Å². The smallest absolute Gasteiger partial charge is 0.175 e. The molecule has 0 unspecified atom stereocenters. The highest BCUT2D eigenvalue weighted by atomic mass is 35.5. The van der Waals surface area contributed by atoms with E-state index in [0.29, 0.717) is 24.1 Å². The van der Waals surface area contributed by atoms with Crippen molar-refractivity contribution in [2.45, 2.75) is 18.1 Å². The Hall–Kier alpha value is -3.13. The number of hydrogen-bond donors (Lipinski definition) is 0. The molecule has 0 saturated carbocycles. The Morgan fingerprint density at radius 1 is 0.909 bits per heavy atom. The zero-order valence-corrected chi connectivity index (χ0v) is 19.8. The van der Waals surface area contributed by atoms with Gasteiger partial charge in [-0.05, 0) is 66.2 Å². The number of hydrogen-bond acceptors (Lipinski definition) is 5. The molecular weight excluding hydrogens is 460 g/mol. The number of benzene rings is 3. The number of aromatic nitrogens is 2. The molecule has 0 amide bonds. The lowest BCUT2D eigenvalue weighted by atomic mass is 10.2. The Labute approximate surface area is 198 Å². The van der Waals surface area contributed by atoms with Gasteiger partial charge in [-0.15, -0.1) is 0 Å². The van der Waals surface area contributed by atoms with E-state index in [2.05, 4.69) is 0 Å².